The summed E-state index contributed by atoms with van der Waals surface area (Å²) in [7, 11) is -1.86. The first-order chi connectivity index (χ1) is 12.8. The standard InChI is InChI=1S/C22H39NO4Si/c1-10-23(11-2)18(24)21(7)17-22(21,19(25)26-12-3)15-13-14-16-27-28(8,9)20(4,5)6/h13-16H,10-12,17H2,1-9H3/b15-13-,16-14+/t21-,22+/m1/s1. The van der Waals surface area contributed by atoms with Crippen molar-refractivity contribution in [2.75, 3.05) is 19.7 Å². The predicted molar refractivity (Wildman–Crippen MR) is 116 cm³/mol. The Bertz CT molecular complexity index is 631. The van der Waals surface area contributed by atoms with Gasteiger partial charge < -0.3 is 14.1 Å². The smallest absolute Gasteiger partial charge is 0.317 e. The van der Waals surface area contributed by atoms with E-state index in [1.165, 1.54) is 0 Å². The molecular weight excluding hydrogens is 370 g/mol. The van der Waals surface area contributed by atoms with Crippen molar-refractivity contribution in [1.82, 2.24) is 4.90 Å². The van der Waals surface area contributed by atoms with Crippen molar-refractivity contribution in [3.05, 3.63) is 24.5 Å². The van der Waals surface area contributed by atoms with Gasteiger partial charge in [0.15, 0.2) is 0 Å². The molecule has 1 aliphatic rings. The van der Waals surface area contributed by atoms with Crippen LogP contribution in [0.15, 0.2) is 24.5 Å². The molecule has 0 heterocycles. The molecule has 1 amide bonds. The second-order valence-electron chi connectivity index (χ2n) is 9.24. The molecule has 160 valence electrons. The summed E-state index contributed by atoms with van der Waals surface area (Å²) in [4.78, 5) is 27.5. The predicted octanol–water partition coefficient (Wildman–Crippen LogP) is 4.91. The molecule has 28 heavy (non-hydrogen) atoms. The highest BCUT2D eigenvalue weighted by Crippen LogP contribution is 2.66. The first-order valence-corrected chi connectivity index (χ1v) is 13.2. The van der Waals surface area contributed by atoms with Crippen molar-refractivity contribution in [2.24, 2.45) is 10.8 Å². The van der Waals surface area contributed by atoms with E-state index in [2.05, 4.69) is 33.9 Å². The summed E-state index contributed by atoms with van der Waals surface area (Å²) in [5, 5.41) is 0.123. The van der Waals surface area contributed by atoms with Crippen molar-refractivity contribution in [2.45, 2.75) is 73.0 Å². The van der Waals surface area contributed by atoms with Crippen molar-refractivity contribution < 1.29 is 18.8 Å². The number of esters is 1. The lowest BCUT2D eigenvalue weighted by Crippen LogP contribution is -2.40. The van der Waals surface area contributed by atoms with Crippen LogP contribution in [-0.4, -0.2) is 44.8 Å². The maximum absolute atomic E-state index is 13.0. The lowest BCUT2D eigenvalue weighted by atomic mass is 9.92. The van der Waals surface area contributed by atoms with Gasteiger partial charge in [-0.05, 0) is 58.3 Å². The molecule has 0 unspecified atom stereocenters. The van der Waals surface area contributed by atoms with Gasteiger partial charge in [-0.15, -0.1) is 0 Å². The number of amides is 1. The molecule has 5 nitrogen and oxygen atoms in total. The summed E-state index contributed by atoms with van der Waals surface area (Å²) in [5.74, 6) is -0.315. The topological polar surface area (TPSA) is 55.8 Å². The Hall–Kier alpha value is -1.56. The van der Waals surface area contributed by atoms with Gasteiger partial charge in [-0.25, -0.2) is 0 Å². The van der Waals surface area contributed by atoms with E-state index in [-0.39, 0.29) is 16.9 Å². The zero-order valence-corrected chi connectivity index (χ0v) is 20.2. The summed E-state index contributed by atoms with van der Waals surface area (Å²) in [6.45, 7) is 20.1. The normalized spacial score (nSPS) is 25.2. The Morgan fingerprint density at radius 3 is 2.14 bits per heavy atom. The SMILES string of the molecule is CCOC(=O)[C@]1(/C=C\C=C\O[Si](C)(C)C(C)(C)C)C[C@]1(C)C(=O)N(CC)CC. The first kappa shape index (κ1) is 24.5. The third-order valence-corrected chi connectivity index (χ3v) is 10.7. The third-order valence-electron chi connectivity index (χ3n) is 6.39. The van der Waals surface area contributed by atoms with E-state index in [4.69, 9.17) is 9.16 Å². The number of nitrogens with zero attached hydrogens (tertiary/aromatic N) is 1. The molecular formula is C22H39NO4Si. The lowest BCUT2D eigenvalue weighted by molar-refractivity contribution is -0.152. The maximum Gasteiger partial charge on any atom is 0.317 e. The highest BCUT2D eigenvalue weighted by molar-refractivity contribution is 6.74. The van der Waals surface area contributed by atoms with E-state index in [1.54, 1.807) is 18.1 Å². The van der Waals surface area contributed by atoms with Crippen LogP contribution in [-0.2, 0) is 18.8 Å². The molecule has 0 spiro atoms. The number of carbonyl (C=O) groups is 2. The Labute approximate surface area is 172 Å². The zero-order valence-electron chi connectivity index (χ0n) is 19.2. The second kappa shape index (κ2) is 8.85. The largest absolute Gasteiger partial charge is 0.549 e. The molecule has 0 saturated heterocycles. The van der Waals surface area contributed by atoms with Crippen molar-refractivity contribution in [3.63, 3.8) is 0 Å². The van der Waals surface area contributed by atoms with Gasteiger partial charge in [-0.2, -0.15) is 0 Å². The van der Waals surface area contributed by atoms with Crippen molar-refractivity contribution in [3.8, 4) is 0 Å². The molecule has 1 rings (SSSR count). The number of hydrogen-bond donors (Lipinski definition) is 0. The Morgan fingerprint density at radius 1 is 1.11 bits per heavy atom. The highest BCUT2D eigenvalue weighted by Gasteiger charge is 2.73. The van der Waals surface area contributed by atoms with Crippen LogP contribution < -0.4 is 0 Å². The minimum Gasteiger partial charge on any atom is -0.549 e. The molecule has 0 aromatic rings. The summed E-state index contributed by atoms with van der Waals surface area (Å²) in [5.41, 5.74) is -1.65. The number of rotatable bonds is 9. The summed E-state index contributed by atoms with van der Waals surface area (Å²) in [6, 6.07) is 0. The molecule has 0 bridgehead atoms. The van der Waals surface area contributed by atoms with Gasteiger partial charge in [-0.1, -0.05) is 32.9 Å². The zero-order chi connectivity index (χ0) is 21.8. The van der Waals surface area contributed by atoms with Gasteiger partial charge in [0.05, 0.1) is 18.3 Å². The maximum atomic E-state index is 13.0. The van der Waals surface area contributed by atoms with Gasteiger partial charge in [0.1, 0.15) is 5.41 Å². The van der Waals surface area contributed by atoms with Crippen LogP contribution in [0, 0.1) is 10.8 Å². The van der Waals surface area contributed by atoms with Crippen LogP contribution in [0.5, 0.6) is 0 Å². The van der Waals surface area contributed by atoms with E-state index in [9.17, 15) is 9.59 Å². The minimum atomic E-state index is -1.86. The van der Waals surface area contributed by atoms with Gasteiger partial charge >= 0.3 is 5.97 Å². The van der Waals surface area contributed by atoms with E-state index in [1.807, 2.05) is 39.0 Å². The molecule has 0 aromatic heterocycles. The van der Waals surface area contributed by atoms with Crippen molar-refractivity contribution in [1.29, 1.82) is 0 Å². The fourth-order valence-electron chi connectivity index (χ4n) is 3.16. The third kappa shape index (κ3) is 4.70. The number of carbonyl (C=O) groups excluding carboxylic acids is 2. The summed E-state index contributed by atoms with van der Waals surface area (Å²) >= 11 is 0. The quantitative estimate of drug-likeness (QED) is 0.235. The second-order valence-corrected chi connectivity index (χ2v) is 14.0. The van der Waals surface area contributed by atoms with Crippen LogP contribution >= 0.6 is 0 Å². The fraction of sp³-hybridized carbons (Fsp3) is 0.727. The number of allylic oxidation sites excluding steroid dienone is 2. The Kier molecular flexibility index (Phi) is 7.73. The van der Waals surface area contributed by atoms with E-state index < -0.39 is 19.1 Å². The molecule has 0 N–H and O–H groups in total. The lowest BCUT2D eigenvalue weighted by Gasteiger charge is -2.34. The molecule has 6 heteroatoms. The van der Waals surface area contributed by atoms with Gasteiger partial charge in [0.2, 0.25) is 14.2 Å². The summed E-state index contributed by atoms with van der Waals surface area (Å²) < 4.78 is 11.3. The minimum absolute atomic E-state index is 0.0108. The first-order valence-electron chi connectivity index (χ1n) is 10.3. The molecule has 1 fully saturated rings. The molecule has 0 radical (unpaired) electrons. The van der Waals surface area contributed by atoms with E-state index in [0.29, 0.717) is 26.1 Å². The number of hydrogen-bond acceptors (Lipinski definition) is 4. The van der Waals surface area contributed by atoms with Gasteiger partial charge in [-0.3, -0.25) is 9.59 Å². The number of ether oxygens (including phenoxy) is 1. The monoisotopic (exact) mass is 409 g/mol. The van der Waals surface area contributed by atoms with E-state index >= 15 is 0 Å². The molecule has 1 saturated carbocycles. The fourth-order valence-corrected chi connectivity index (χ4v) is 3.93. The van der Waals surface area contributed by atoms with Crippen LogP contribution in [0.4, 0.5) is 0 Å². The summed E-state index contributed by atoms with van der Waals surface area (Å²) in [6.07, 6.45) is 7.62. The van der Waals surface area contributed by atoms with Gasteiger partial charge in [0, 0.05) is 13.1 Å². The van der Waals surface area contributed by atoms with Crippen LogP contribution in [0.3, 0.4) is 0 Å². The molecule has 0 aromatic carbocycles. The molecule has 2 atom stereocenters. The highest BCUT2D eigenvalue weighted by atomic mass is 28.4. The van der Waals surface area contributed by atoms with Crippen molar-refractivity contribution >= 4 is 20.2 Å². The Balaban J connectivity index is 3.00. The average Bonchev–Trinajstić information content (AvgIpc) is 3.22. The Morgan fingerprint density at radius 2 is 1.68 bits per heavy atom. The van der Waals surface area contributed by atoms with E-state index in [0.717, 1.165) is 0 Å². The van der Waals surface area contributed by atoms with Crippen LogP contribution in [0.25, 0.3) is 0 Å². The van der Waals surface area contributed by atoms with Gasteiger partial charge in [0.25, 0.3) is 0 Å². The molecule has 0 aliphatic heterocycles. The van der Waals surface area contributed by atoms with Crippen LogP contribution in [0.2, 0.25) is 18.1 Å². The molecule has 1 aliphatic carbocycles. The average molecular weight is 410 g/mol. The van der Waals surface area contributed by atoms with Crippen LogP contribution in [0.1, 0.15) is 54.9 Å².